The minimum absolute atomic E-state index is 0.00693. The SMILES string of the molecule is COC(=O)c1cc(Cn2c(=O)n(C(C)(C)C)c(=O)c3cccnc32)ccc1F. The Balaban J connectivity index is 2.26. The van der Waals surface area contributed by atoms with Crippen molar-refractivity contribution in [2.24, 2.45) is 0 Å². The Kier molecular flexibility index (Phi) is 4.89. The number of fused-ring (bicyclic) bond motifs is 1. The predicted octanol–water partition coefficient (Wildman–Crippen LogP) is 2.29. The van der Waals surface area contributed by atoms with Crippen molar-refractivity contribution in [3.05, 3.63) is 74.3 Å². The van der Waals surface area contributed by atoms with Crippen molar-refractivity contribution >= 4 is 17.0 Å². The summed E-state index contributed by atoms with van der Waals surface area (Å²) in [5.74, 6) is -1.53. The van der Waals surface area contributed by atoms with E-state index in [1.54, 1.807) is 32.9 Å². The number of esters is 1. The van der Waals surface area contributed by atoms with E-state index in [0.717, 1.165) is 13.2 Å². The minimum Gasteiger partial charge on any atom is -0.465 e. The summed E-state index contributed by atoms with van der Waals surface area (Å²) < 4.78 is 21.0. The van der Waals surface area contributed by atoms with Gasteiger partial charge >= 0.3 is 11.7 Å². The topological polar surface area (TPSA) is 83.2 Å². The number of carbonyl (C=O) groups is 1. The van der Waals surface area contributed by atoms with Crippen LogP contribution in [0.3, 0.4) is 0 Å². The number of carbonyl (C=O) groups excluding carboxylic acids is 1. The summed E-state index contributed by atoms with van der Waals surface area (Å²) in [6.45, 7) is 5.29. The second-order valence-corrected chi connectivity index (χ2v) is 7.36. The number of ether oxygens (including phenoxy) is 1. The number of halogens is 1. The fourth-order valence-corrected chi connectivity index (χ4v) is 3.05. The van der Waals surface area contributed by atoms with Gasteiger partial charge in [0.1, 0.15) is 11.5 Å². The number of methoxy groups -OCH3 is 1. The van der Waals surface area contributed by atoms with E-state index in [2.05, 4.69) is 9.72 Å². The van der Waals surface area contributed by atoms with Gasteiger partial charge in [0.2, 0.25) is 0 Å². The molecule has 0 fully saturated rings. The van der Waals surface area contributed by atoms with Gasteiger partial charge in [-0.1, -0.05) is 6.07 Å². The zero-order chi connectivity index (χ0) is 20.6. The van der Waals surface area contributed by atoms with E-state index >= 15 is 0 Å². The van der Waals surface area contributed by atoms with Gasteiger partial charge in [-0.05, 0) is 50.6 Å². The number of nitrogens with zero attached hydrogens (tertiary/aromatic N) is 3. The molecule has 8 heteroatoms. The maximum Gasteiger partial charge on any atom is 0.340 e. The van der Waals surface area contributed by atoms with Crippen LogP contribution in [0.4, 0.5) is 4.39 Å². The Bertz CT molecular complexity index is 1190. The molecule has 0 N–H and O–H groups in total. The molecule has 0 aliphatic rings. The lowest BCUT2D eigenvalue weighted by Gasteiger charge is -2.23. The van der Waals surface area contributed by atoms with Crippen molar-refractivity contribution in [3.63, 3.8) is 0 Å². The van der Waals surface area contributed by atoms with Crippen molar-refractivity contribution in [2.75, 3.05) is 7.11 Å². The molecular weight excluding hydrogens is 365 g/mol. The highest BCUT2D eigenvalue weighted by Gasteiger charge is 2.23. The van der Waals surface area contributed by atoms with Crippen LogP contribution in [0.1, 0.15) is 36.7 Å². The van der Waals surface area contributed by atoms with Gasteiger partial charge in [0.15, 0.2) is 0 Å². The Labute approximate surface area is 160 Å². The summed E-state index contributed by atoms with van der Waals surface area (Å²) in [5.41, 5.74) is -1.22. The third-order valence-corrected chi connectivity index (χ3v) is 4.35. The predicted molar refractivity (Wildman–Crippen MR) is 102 cm³/mol. The molecule has 0 aliphatic heterocycles. The van der Waals surface area contributed by atoms with Crippen LogP contribution in [0.15, 0.2) is 46.1 Å². The van der Waals surface area contributed by atoms with Gasteiger partial charge in [-0.15, -0.1) is 0 Å². The van der Waals surface area contributed by atoms with Gasteiger partial charge in [-0.2, -0.15) is 0 Å². The van der Waals surface area contributed by atoms with Gasteiger partial charge in [0.25, 0.3) is 5.56 Å². The highest BCUT2D eigenvalue weighted by Crippen LogP contribution is 2.15. The molecular formula is C20H20FN3O4. The molecule has 7 nitrogen and oxygen atoms in total. The first-order chi connectivity index (χ1) is 13.1. The Hall–Kier alpha value is -3.29. The molecule has 0 unspecified atom stereocenters. The minimum atomic E-state index is -0.811. The summed E-state index contributed by atoms with van der Waals surface area (Å²) in [6, 6.07) is 7.17. The second-order valence-electron chi connectivity index (χ2n) is 7.36. The van der Waals surface area contributed by atoms with Crippen LogP contribution in [-0.4, -0.2) is 27.2 Å². The number of pyridine rings is 1. The molecule has 0 bridgehead atoms. The molecule has 28 heavy (non-hydrogen) atoms. The molecule has 0 saturated carbocycles. The monoisotopic (exact) mass is 385 g/mol. The third kappa shape index (κ3) is 3.33. The van der Waals surface area contributed by atoms with Gasteiger partial charge in [0, 0.05) is 11.7 Å². The van der Waals surface area contributed by atoms with Crippen molar-refractivity contribution < 1.29 is 13.9 Å². The number of hydrogen-bond acceptors (Lipinski definition) is 5. The van der Waals surface area contributed by atoms with Crippen LogP contribution in [0, 0.1) is 5.82 Å². The Morgan fingerprint density at radius 3 is 2.57 bits per heavy atom. The maximum atomic E-state index is 13.9. The first-order valence-corrected chi connectivity index (χ1v) is 8.63. The van der Waals surface area contributed by atoms with Crippen molar-refractivity contribution in [2.45, 2.75) is 32.9 Å². The Morgan fingerprint density at radius 1 is 1.21 bits per heavy atom. The average molecular weight is 385 g/mol. The summed E-state index contributed by atoms with van der Waals surface area (Å²) in [7, 11) is 1.16. The van der Waals surface area contributed by atoms with E-state index in [9.17, 15) is 18.8 Å². The zero-order valence-corrected chi connectivity index (χ0v) is 16.0. The lowest BCUT2D eigenvalue weighted by atomic mass is 10.1. The largest absolute Gasteiger partial charge is 0.465 e. The molecule has 3 aromatic rings. The van der Waals surface area contributed by atoms with Crippen molar-refractivity contribution in [1.29, 1.82) is 0 Å². The molecule has 0 atom stereocenters. The first-order valence-electron chi connectivity index (χ1n) is 8.63. The molecule has 0 amide bonds. The number of aromatic nitrogens is 3. The van der Waals surface area contributed by atoms with Gasteiger partial charge in [-0.25, -0.2) is 19.0 Å². The molecule has 0 saturated heterocycles. The fourth-order valence-electron chi connectivity index (χ4n) is 3.05. The van der Waals surface area contributed by atoms with Crippen LogP contribution in [-0.2, 0) is 16.8 Å². The highest BCUT2D eigenvalue weighted by atomic mass is 19.1. The van der Waals surface area contributed by atoms with E-state index in [1.807, 2.05) is 0 Å². The molecule has 0 spiro atoms. The Morgan fingerprint density at radius 2 is 1.93 bits per heavy atom. The highest BCUT2D eigenvalue weighted by molar-refractivity contribution is 5.89. The van der Waals surface area contributed by atoms with Crippen molar-refractivity contribution in [1.82, 2.24) is 14.1 Å². The lowest BCUT2D eigenvalue weighted by Crippen LogP contribution is -2.48. The normalized spacial score (nSPS) is 11.6. The molecule has 1 aromatic carbocycles. The summed E-state index contributed by atoms with van der Waals surface area (Å²) in [5, 5.41) is 0.298. The smallest absolute Gasteiger partial charge is 0.340 e. The van der Waals surface area contributed by atoms with E-state index in [0.29, 0.717) is 10.9 Å². The molecule has 146 valence electrons. The standard InChI is InChI=1S/C20H20FN3O4/c1-20(2,3)24-17(25)13-6-5-9-22-16(13)23(19(24)27)11-12-7-8-15(21)14(10-12)18(26)28-4/h5-10H,11H2,1-4H3. The van der Waals surface area contributed by atoms with Crippen LogP contribution < -0.4 is 11.2 Å². The summed E-state index contributed by atoms with van der Waals surface area (Å²) in [4.78, 5) is 41.9. The third-order valence-electron chi connectivity index (χ3n) is 4.35. The van der Waals surface area contributed by atoms with Crippen LogP contribution in [0.2, 0.25) is 0 Å². The molecule has 2 heterocycles. The summed E-state index contributed by atoms with van der Waals surface area (Å²) in [6.07, 6.45) is 1.49. The van der Waals surface area contributed by atoms with Gasteiger partial charge in [-0.3, -0.25) is 13.9 Å². The fraction of sp³-hybridized carbons (Fsp3) is 0.300. The lowest BCUT2D eigenvalue weighted by molar-refractivity contribution is 0.0595. The maximum absolute atomic E-state index is 13.9. The number of hydrogen-bond donors (Lipinski definition) is 0. The number of rotatable bonds is 3. The van der Waals surface area contributed by atoms with E-state index < -0.39 is 28.6 Å². The zero-order valence-electron chi connectivity index (χ0n) is 16.0. The molecule has 0 aliphatic carbocycles. The van der Waals surface area contributed by atoms with Crippen LogP contribution >= 0.6 is 0 Å². The van der Waals surface area contributed by atoms with Gasteiger partial charge < -0.3 is 4.74 Å². The van der Waals surface area contributed by atoms with E-state index in [1.165, 1.54) is 27.5 Å². The molecule has 3 rings (SSSR count). The number of benzene rings is 1. The van der Waals surface area contributed by atoms with Crippen LogP contribution in [0.5, 0.6) is 0 Å². The van der Waals surface area contributed by atoms with Crippen LogP contribution in [0.25, 0.3) is 11.0 Å². The second kappa shape index (κ2) is 7.03. The van der Waals surface area contributed by atoms with Crippen molar-refractivity contribution in [3.8, 4) is 0 Å². The molecule has 0 radical (unpaired) electrons. The van der Waals surface area contributed by atoms with E-state index in [-0.39, 0.29) is 17.8 Å². The summed E-state index contributed by atoms with van der Waals surface area (Å²) >= 11 is 0. The average Bonchev–Trinajstić information content (AvgIpc) is 2.64. The van der Waals surface area contributed by atoms with E-state index in [4.69, 9.17) is 0 Å². The molecule has 2 aromatic heterocycles. The first kappa shape index (κ1) is 19.5. The quantitative estimate of drug-likeness (QED) is 0.646. The van der Waals surface area contributed by atoms with Gasteiger partial charge in [0.05, 0.1) is 24.6 Å².